The maximum absolute atomic E-state index is 12.2. The first-order chi connectivity index (χ1) is 32.3. The van der Waals surface area contributed by atoms with Crippen molar-refractivity contribution in [1.29, 1.82) is 5.14 Å². The molecular weight excluding hydrogens is 958 g/mol. The van der Waals surface area contributed by atoms with Crippen molar-refractivity contribution in [2.24, 2.45) is 0 Å². The number of fused-ring (bicyclic) bond motifs is 1. The molecule has 3 N–H and O–H groups in total. The molecule has 6 saturated heterocycles. The van der Waals surface area contributed by atoms with E-state index in [4.69, 9.17) is 93.4 Å². The quantitative estimate of drug-likeness (QED) is 0.0977. The fourth-order valence-corrected chi connectivity index (χ4v) is 14.2. The van der Waals surface area contributed by atoms with Gasteiger partial charge in [0, 0.05) is 53.6 Å². The highest BCUT2D eigenvalue weighted by Crippen LogP contribution is 2.58. The molecule has 20 atom stereocenters. The maximum Gasteiger partial charge on any atom is 0.328 e. The third-order valence-corrected chi connectivity index (χ3v) is 17.4. The lowest BCUT2D eigenvalue weighted by atomic mass is 10.1. The summed E-state index contributed by atoms with van der Waals surface area (Å²) in [5.41, 5.74) is 0. The minimum atomic E-state index is -3.72. The lowest BCUT2D eigenvalue weighted by molar-refractivity contribution is -0.228. The minimum absolute atomic E-state index is 0.0115. The zero-order chi connectivity index (χ0) is 50.5. The normalized spacial score (nSPS) is 43.4. The molecule has 0 amide bonds. The highest BCUT2D eigenvalue weighted by Gasteiger charge is 2.60. The molecule has 7 rings (SSSR count). The Morgan fingerprint density at radius 2 is 1.38 bits per heavy atom. The van der Waals surface area contributed by atoms with Crippen LogP contribution in [0.1, 0.15) is 92.9 Å². The number of hydrogen-bond acceptors (Lipinski definition) is 20. The second-order valence-corrected chi connectivity index (χ2v) is 27.2. The Morgan fingerprint density at radius 3 is 2.00 bits per heavy atom. The summed E-state index contributed by atoms with van der Waals surface area (Å²) >= 11 is 11.1. The molecule has 0 aromatic rings. The fraction of sp³-hybridized carbons (Fsp3) is 1.00. The summed E-state index contributed by atoms with van der Waals surface area (Å²) < 4.78 is 117. The van der Waals surface area contributed by atoms with E-state index in [0.29, 0.717) is 32.2 Å². The van der Waals surface area contributed by atoms with E-state index in [2.05, 4.69) is 19.2 Å². The molecule has 0 aromatic carbocycles. The molecular formula is C39H74B2NO17P2S2Si2-. The lowest BCUT2D eigenvalue weighted by Crippen LogP contribution is -2.43. The van der Waals surface area contributed by atoms with E-state index in [1.54, 1.807) is 13.1 Å². The molecule has 7 aliphatic rings. The molecule has 1 saturated carbocycles. The third kappa shape index (κ3) is 16.1. The summed E-state index contributed by atoms with van der Waals surface area (Å²) in [4.78, 5) is 12.2. The summed E-state index contributed by atoms with van der Waals surface area (Å²) in [5, 5.41) is 22.4. The summed E-state index contributed by atoms with van der Waals surface area (Å²) in [5.74, 6) is -0.698. The van der Waals surface area contributed by atoms with E-state index in [9.17, 15) is 15.1 Å². The van der Waals surface area contributed by atoms with Crippen LogP contribution in [0.15, 0.2) is 0 Å². The van der Waals surface area contributed by atoms with Crippen LogP contribution in [0.3, 0.4) is 0 Å². The minimum Gasteiger partial charge on any atom is -0.780 e. The van der Waals surface area contributed by atoms with Crippen LogP contribution in [0.25, 0.3) is 0 Å². The molecule has 6 heterocycles. The van der Waals surface area contributed by atoms with E-state index in [-0.39, 0.29) is 56.9 Å². The van der Waals surface area contributed by atoms with Crippen molar-refractivity contribution in [3.63, 3.8) is 0 Å². The van der Waals surface area contributed by atoms with Crippen molar-refractivity contribution < 1.29 is 79.7 Å². The van der Waals surface area contributed by atoms with Crippen molar-refractivity contribution in [2.75, 3.05) is 33.0 Å². The predicted octanol–water partition coefficient (Wildman–Crippen LogP) is 1.35. The van der Waals surface area contributed by atoms with Gasteiger partial charge in [0.1, 0.15) is 81.9 Å². The average molecular weight is 1040 g/mol. The maximum atomic E-state index is 12.2. The van der Waals surface area contributed by atoms with Crippen LogP contribution in [-0.4, -0.2) is 190 Å². The molecule has 1 spiro atoms. The molecule has 16 unspecified atom stereocenters. The topological polar surface area (TPSA) is 205 Å². The van der Waals surface area contributed by atoms with Crippen LogP contribution in [0.5, 0.6) is 0 Å². The van der Waals surface area contributed by atoms with Gasteiger partial charge in [0.25, 0.3) is 0 Å². The highest BCUT2D eigenvalue weighted by molar-refractivity contribution is 8.07. The molecule has 1 aliphatic carbocycles. The summed E-state index contributed by atoms with van der Waals surface area (Å²) in [7, 11) is -3.99. The number of nitrogens with one attached hydrogen (secondary N) is 1. The second kappa shape index (κ2) is 24.7. The Morgan fingerprint density at radius 1 is 0.800 bits per heavy atom. The Balaban J connectivity index is 0.000000310. The van der Waals surface area contributed by atoms with Crippen molar-refractivity contribution in [2.45, 2.75) is 216 Å². The Labute approximate surface area is 406 Å². The molecule has 2 radical (unpaired) electrons. The second-order valence-electron chi connectivity index (χ2n) is 18.6. The van der Waals surface area contributed by atoms with Gasteiger partial charge in [-0.25, -0.2) is 0 Å². The molecule has 65 heavy (non-hydrogen) atoms. The van der Waals surface area contributed by atoms with Gasteiger partial charge in [-0.1, -0.05) is 38.7 Å². The number of aliphatic hydroxyl groups is 2. The third-order valence-electron chi connectivity index (χ3n) is 12.2. The van der Waals surface area contributed by atoms with E-state index in [1.165, 1.54) is 0 Å². The van der Waals surface area contributed by atoms with Gasteiger partial charge in [0.05, 0.1) is 75.3 Å². The molecule has 0 bridgehead atoms. The van der Waals surface area contributed by atoms with Crippen molar-refractivity contribution in [1.82, 2.24) is 5.32 Å². The standard InChI is InChI=1S/C27H52B2NO10PSSi2.C12H23O7PS/c1-16(2)30-13-21-24(25-26(35-21)37-27(36-25)9-7-8-10-27)39-41(42,31-14-22-20(40-44(6)29)12-18(4)33-22)38-19-11-17(3)34-23(19)15-32-43(5)28;1-7-3-9(14)12(18-7)6-16-20(15,21)19-10-4-8(2)17-11(10)5-13/h16-26,28-30,43-44H,7-15H2,1-6H3;7-14H,3-6H2,1-2H3,(H,15,21)/p-1/t17?,18?,19?,20?,21-,22?,23?,24+,25-,26-,41?,43?,44?;/m0./s1/i28T,29T,43D,44D;. The van der Waals surface area contributed by atoms with E-state index >= 15 is 0 Å². The van der Waals surface area contributed by atoms with Crippen LogP contribution < -0.4 is 10.2 Å². The van der Waals surface area contributed by atoms with Gasteiger partial charge in [-0.3, -0.25) is 4.52 Å². The van der Waals surface area contributed by atoms with Crippen molar-refractivity contribution >= 4 is 69.5 Å². The molecule has 18 nitrogen and oxygen atoms in total. The summed E-state index contributed by atoms with van der Waals surface area (Å²) in [6.07, 6.45) is -1.53. The number of ether oxygens (including phenoxy) is 7. The summed E-state index contributed by atoms with van der Waals surface area (Å²) in [6.45, 7) is 7.80. The lowest BCUT2D eigenvalue weighted by Gasteiger charge is -2.34. The number of aliphatic hydroxyl groups excluding tert-OH is 2. The van der Waals surface area contributed by atoms with E-state index in [0.717, 1.165) is 40.5 Å². The monoisotopic (exact) mass is 1040 g/mol. The van der Waals surface area contributed by atoms with Gasteiger partial charge in [-0.2, -0.15) is 0 Å². The zero-order valence-corrected chi connectivity index (χ0v) is 44.3. The van der Waals surface area contributed by atoms with Gasteiger partial charge < -0.3 is 80.5 Å². The summed E-state index contributed by atoms with van der Waals surface area (Å²) in [6, 6.07) is 0.198. The van der Waals surface area contributed by atoms with Gasteiger partial charge in [0.15, 0.2) is 12.1 Å². The van der Waals surface area contributed by atoms with Crippen LogP contribution in [0.4, 0.5) is 0 Å². The molecule has 26 heteroatoms. The van der Waals surface area contributed by atoms with Crippen LogP contribution >= 0.6 is 13.4 Å². The van der Waals surface area contributed by atoms with Gasteiger partial charge in [-0.15, -0.1) is 0 Å². The molecule has 6 aliphatic heterocycles. The Hall–Kier alpha value is 1.14. The van der Waals surface area contributed by atoms with E-state index < -0.39 is 110 Å². The number of hydrogen-bond donors (Lipinski definition) is 3. The van der Waals surface area contributed by atoms with Gasteiger partial charge >= 0.3 is 6.72 Å². The van der Waals surface area contributed by atoms with Crippen molar-refractivity contribution in [3.8, 4) is 0 Å². The average Bonchev–Trinajstić information content (AvgIpc) is 4.15. The highest BCUT2D eigenvalue weighted by atomic mass is 32.5. The fourth-order valence-electron chi connectivity index (χ4n) is 9.22. The molecule has 374 valence electrons. The predicted molar refractivity (Wildman–Crippen MR) is 254 cm³/mol. The first kappa shape index (κ1) is 49.7. The zero-order valence-electron chi connectivity index (χ0n) is 42.9. The van der Waals surface area contributed by atoms with E-state index in [1.807, 2.05) is 27.7 Å². The van der Waals surface area contributed by atoms with Gasteiger partial charge in [0.2, 0.25) is 0 Å². The first-order valence-electron chi connectivity index (χ1n) is 25.2. The van der Waals surface area contributed by atoms with Crippen molar-refractivity contribution in [3.05, 3.63) is 0 Å². The van der Waals surface area contributed by atoms with Gasteiger partial charge in [-0.05, 0) is 55.0 Å². The van der Waals surface area contributed by atoms with Crippen LogP contribution in [0, 0.1) is 0 Å². The molecule has 7 fully saturated rings. The Bertz CT molecular complexity index is 1740. The molecule has 0 aromatic heterocycles. The van der Waals surface area contributed by atoms with Crippen LogP contribution in [0.2, 0.25) is 13.1 Å². The number of rotatable bonds is 23. The largest absolute Gasteiger partial charge is 0.780 e. The SMILES string of the molecule is CC1CC(O)C(COP([O-])(=S)OC2CC(C)OC2CO)O1.[2H][Si](C)([B][3H])OCC1OC(C)CC1OP(=S)(OCC1OC(C)CC1O[Si]([2H])(C)[B][3H])O[C@H]1[C@@H]2OC3(CCCC3)O[C@@H]2O[C@H]1CNC(C)C. The Kier molecular flexibility index (Phi) is 18.9. The smallest absolute Gasteiger partial charge is 0.328 e. The first-order valence-corrected chi connectivity index (χ1v) is 32.1. The van der Waals surface area contributed by atoms with Crippen LogP contribution in [-0.2, 0) is 88.2 Å².